The average Bonchev–Trinajstić information content (AvgIpc) is 2.33. The van der Waals surface area contributed by atoms with Gasteiger partial charge in [0.25, 0.3) is 5.56 Å². The van der Waals surface area contributed by atoms with Gasteiger partial charge in [0, 0.05) is 26.5 Å². The molecule has 1 aromatic rings. The molecule has 1 rings (SSSR count). The number of rotatable bonds is 4. The highest BCUT2D eigenvalue weighted by molar-refractivity contribution is 5.78. The summed E-state index contributed by atoms with van der Waals surface area (Å²) in [6.45, 7) is 3.81. The summed E-state index contributed by atoms with van der Waals surface area (Å²) in [5.41, 5.74) is -0.430. The molecule has 0 fully saturated rings. The zero-order valence-electron chi connectivity index (χ0n) is 11.1. The fraction of sp³-hybridized carbons (Fsp3) is 0.583. The normalized spacial score (nSPS) is 13.4. The summed E-state index contributed by atoms with van der Waals surface area (Å²) in [5.74, 6) is 0.183. The van der Waals surface area contributed by atoms with Gasteiger partial charge in [-0.05, 0) is 5.92 Å². The van der Waals surface area contributed by atoms with Crippen LogP contribution in [0.25, 0.3) is 0 Å². The molecule has 0 aliphatic heterocycles. The van der Waals surface area contributed by atoms with Crippen molar-refractivity contribution in [3.8, 4) is 0 Å². The van der Waals surface area contributed by atoms with Crippen molar-refractivity contribution in [2.45, 2.75) is 19.9 Å². The van der Waals surface area contributed by atoms with Crippen molar-refractivity contribution in [3.63, 3.8) is 0 Å². The quantitative estimate of drug-likeness (QED) is 0.736. The van der Waals surface area contributed by atoms with Crippen LogP contribution in [-0.2, 0) is 14.1 Å². The number of hydrogen-bond acceptors (Lipinski definition) is 4. The molecule has 0 saturated heterocycles. The molecule has 0 aromatic carbocycles. The van der Waals surface area contributed by atoms with E-state index >= 15 is 0 Å². The van der Waals surface area contributed by atoms with Crippen LogP contribution in [0.4, 0.5) is 0 Å². The van der Waals surface area contributed by atoms with E-state index in [2.05, 4.69) is 4.99 Å². The van der Waals surface area contributed by atoms with E-state index in [9.17, 15) is 9.59 Å². The van der Waals surface area contributed by atoms with Gasteiger partial charge in [0.05, 0.1) is 18.2 Å². The molecule has 1 heterocycles. The molecule has 0 amide bonds. The summed E-state index contributed by atoms with van der Waals surface area (Å²) in [5, 5.41) is 9.14. The third kappa shape index (κ3) is 2.95. The Labute approximate surface area is 105 Å². The Kier molecular flexibility index (Phi) is 4.61. The molecule has 1 atom stereocenters. The summed E-state index contributed by atoms with van der Waals surface area (Å²) < 4.78 is 2.36. The van der Waals surface area contributed by atoms with E-state index in [1.54, 1.807) is 7.05 Å². The lowest BCUT2D eigenvalue weighted by Crippen LogP contribution is -2.38. The van der Waals surface area contributed by atoms with Gasteiger partial charge in [0.15, 0.2) is 0 Å². The van der Waals surface area contributed by atoms with Crippen LogP contribution in [0.15, 0.2) is 20.8 Å². The van der Waals surface area contributed by atoms with Crippen LogP contribution in [-0.4, -0.2) is 33.1 Å². The minimum absolute atomic E-state index is 0.0692. The predicted molar refractivity (Wildman–Crippen MR) is 70.2 cm³/mol. The second-order valence-electron chi connectivity index (χ2n) is 4.61. The predicted octanol–water partition coefficient (Wildman–Crippen LogP) is -0.480. The Balaban J connectivity index is 3.17. The topological polar surface area (TPSA) is 76.6 Å². The zero-order valence-corrected chi connectivity index (χ0v) is 11.1. The average molecular weight is 253 g/mol. The van der Waals surface area contributed by atoms with Gasteiger partial charge in [0.1, 0.15) is 0 Å². The van der Waals surface area contributed by atoms with Gasteiger partial charge in [-0.2, -0.15) is 0 Å². The summed E-state index contributed by atoms with van der Waals surface area (Å²) in [6, 6.07) is -0.244. The molecular weight excluding hydrogens is 234 g/mol. The van der Waals surface area contributed by atoms with E-state index in [-0.39, 0.29) is 29.8 Å². The Morgan fingerprint density at radius 2 is 2.00 bits per heavy atom. The minimum atomic E-state index is -0.387. The smallest absolute Gasteiger partial charge is 0.330 e. The molecule has 6 heteroatoms. The largest absolute Gasteiger partial charge is 0.394 e. The van der Waals surface area contributed by atoms with Gasteiger partial charge in [-0.25, -0.2) is 4.79 Å². The highest BCUT2D eigenvalue weighted by atomic mass is 16.3. The van der Waals surface area contributed by atoms with Crippen molar-refractivity contribution in [1.29, 1.82) is 0 Å². The third-order valence-corrected chi connectivity index (χ3v) is 2.83. The van der Waals surface area contributed by atoms with E-state index < -0.39 is 0 Å². The lowest BCUT2D eigenvalue weighted by molar-refractivity contribution is 0.240. The fourth-order valence-corrected chi connectivity index (χ4v) is 1.53. The molecule has 1 aromatic heterocycles. The van der Waals surface area contributed by atoms with Crippen LogP contribution in [0.1, 0.15) is 19.4 Å². The van der Waals surface area contributed by atoms with Crippen molar-refractivity contribution in [3.05, 3.63) is 32.6 Å². The Morgan fingerprint density at radius 1 is 1.39 bits per heavy atom. The number of aliphatic hydroxyl groups is 1. The van der Waals surface area contributed by atoms with Crippen LogP contribution in [0, 0.1) is 5.92 Å². The molecule has 0 radical (unpaired) electrons. The van der Waals surface area contributed by atoms with Gasteiger partial charge in [0.2, 0.25) is 0 Å². The van der Waals surface area contributed by atoms with Crippen molar-refractivity contribution >= 4 is 6.21 Å². The monoisotopic (exact) mass is 253 g/mol. The first-order valence-corrected chi connectivity index (χ1v) is 5.79. The summed E-state index contributed by atoms with van der Waals surface area (Å²) in [7, 11) is 3.00. The molecule has 0 aliphatic carbocycles. The van der Waals surface area contributed by atoms with Gasteiger partial charge in [-0.3, -0.25) is 14.4 Å². The maximum Gasteiger partial charge on any atom is 0.330 e. The fourth-order valence-electron chi connectivity index (χ4n) is 1.53. The number of aliphatic hydroxyl groups excluding tert-OH is 1. The van der Waals surface area contributed by atoms with E-state index in [0.29, 0.717) is 5.56 Å². The molecule has 18 heavy (non-hydrogen) atoms. The lowest BCUT2D eigenvalue weighted by atomic mass is 10.1. The number of nitrogens with zero attached hydrogens (tertiary/aromatic N) is 3. The van der Waals surface area contributed by atoms with Crippen LogP contribution >= 0.6 is 0 Å². The second kappa shape index (κ2) is 5.77. The maximum absolute atomic E-state index is 11.8. The SMILES string of the molecule is CC(C)[C@H](CO)N=Cc1cn(C)c(=O)n(C)c1=O. The first kappa shape index (κ1) is 14.4. The zero-order chi connectivity index (χ0) is 13.9. The van der Waals surface area contributed by atoms with E-state index in [1.165, 1.54) is 24.0 Å². The maximum atomic E-state index is 11.8. The van der Waals surface area contributed by atoms with Gasteiger partial charge in [-0.1, -0.05) is 13.8 Å². The van der Waals surface area contributed by atoms with Gasteiger partial charge < -0.3 is 9.67 Å². The third-order valence-electron chi connectivity index (χ3n) is 2.83. The number of aryl methyl sites for hydroxylation is 1. The van der Waals surface area contributed by atoms with Crippen LogP contribution in [0.5, 0.6) is 0 Å². The summed E-state index contributed by atoms with van der Waals surface area (Å²) >= 11 is 0. The van der Waals surface area contributed by atoms with Crippen molar-refractivity contribution in [1.82, 2.24) is 9.13 Å². The molecule has 0 bridgehead atoms. The number of hydrogen-bond donors (Lipinski definition) is 1. The van der Waals surface area contributed by atoms with Crippen LogP contribution in [0.2, 0.25) is 0 Å². The molecule has 0 aliphatic rings. The molecule has 0 unspecified atom stereocenters. The summed E-state index contributed by atoms with van der Waals surface area (Å²) in [6.07, 6.45) is 2.87. The Morgan fingerprint density at radius 3 is 2.50 bits per heavy atom. The van der Waals surface area contributed by atoms with Crippen LogP contribution in [0.3, 0.4) is 0 Å². The first-order valence-electron chi connectivity index (χ1n) is 5.79. The van der Waals surface area contributed by atoms with Crippen molar-refractivity contribution in [2.75, 3.05) is 6.61 Å². The lowest BCUT2D eigenvalue weighted by Gasteiger charge is -2.12. The second-order valence-corrected chi connectivity index (χ2v) is 4.61. The first-order chi connectivity index (χ1) is 8.38. The number of aromatic nitrogens is 2. The Bertz CT molecular complexity index is 555. The van der Waals surface area contributed by atoms with Gasteiger partial charge in [-0.15, -0.1) is 0 Å². The molecule has 100 valence electrons. The van der Waals surface area contributed by atoms with Crippen LogP contribution < -0.4 is 11.2 Å². The van der Waals surface area contributed by atoms with Crippen molar-refractivity contribution in [2.24, 2.45) is 25.0 Å². The standard InChI is InChI=1S/C12H19N3O3/c1-8(2)10(7-16)13-5-9-6-14(3)12(18)15(4)11(9)17/h5-6,8,10,16H,7H2,1-4H3/t10-/m0/s1. The summed E-state index contributed by atoms with van der Waals surface area (Å²) in [4.78, 5) is 27.5. The van der Waals surface area contributed by atoms with E-state index in [4.69, 9.17) is 5.11 Å². The molecule has 0 saturated carbocycles. The highest BCUT2D eigenvalue weighted by Gasteiger charge is 2.10. The van der Waals surface area contributed by atoms with E-state index in [0.717, 1.165) is 4.57 Å². The molecular formula is C12H19N3O3. The Hall–Kier alpha value is -1.69. The van der Waals surface area contributed by atoms with Gasteiger partial charge >= 0.3 is 5.69 Å². The molecule has 6 nitrogen and oxygen atoms in total. The highest BCUT2D eigenvalue weighted by Crippen LogP contribution is 2.04. The molecule has 0 spiro atoms. The molecule has 1 N–H and O–H groups in total. The number of aliphatic imine (C=N–C) groups is 1. The van der Waals surface area contributed by atoms with E-state index in [1.807, 2.05) is 13.8 Å². The minimum Gasteiger partial charge on any atom is -0.394 e. The van der Waals surface area contributed by atoms with Crippen molar-refractivity contribution < 1.29 is 5.11 Å².